The van der Waals surface area contributed by atoms with E-state index in [1.807, 2.05) is 45.2 Å². The van der Waals surface area contributed by atoms with Crippen molar-refractivity contribution in [1.82, 2.24) is 9.78 Å². The fourth-order valence-electron chi connectivity index (χ4n) is 1.68. The van der Waals surface area contributed by atoms with E-state index >= 15 is 0 Å². The van der Waals surface area contributed by atoms with E-state index < -0.39 is 0 Å². The Bertz CT molecular complexity index is 563. The van der Waals surface area contributed by atoms with Crippen LogP contribution in [0.15, 0.2) is 24.3 Å². The lowest BCUT2D eigenvalue weighted by molar-refractivity contribution is 0.430. The monoisotopic (exact) mass is 265 g/mol. The summed E-state index contributed by atoms with van der Waals surface area (Å²) in [6.45, 7) is 3.82. The number of halogens is 1. The van der Waals surface area contributed by atoms with E-state index in [4.69, 9.17) is 22.1 Å². The first-order chi connectivity index (χ1) is 8.47. The van der Waals surface area contributed by atoms with Gasteiger partial charge in [0.05, 0.1) is 10.7 Å². The van der Waals surface area contributed by atoms with E-state index in [2.05, 4.69) is 5.10 Å². The highest BCUT2D eigenvalue weighted by molar-refractivity contribution is 6.32. The van der Waals surface area contributed by atoms with Crippen molar-refractivity contribution >= 4 is 11.6 Å². The van der Waals surface area contributed by atoms with Crippen molar-refractivity contribution in [3.63, 3.8) is 0 Å². The molecule has 1 aromatic heterocycles. The van der Waals surface area contributed by atoms with Crippen molar-refractivity contribution in [2.45, 2.75) is 19.9 Å². The lowest BCUT2D eigenvalue weighted by atomic mass is 10.1. The Labute approximate surface area is 111 Å². The average Bonchev–Trinajstić information content (AvgIpc) is 2.60. The van der Waals surface area contributed by atoms with Gasteiger partial charge >= 0.3 is 0 Å². The molecule has 0 radical (unpaired) electrons. The molecule has 2 aromatic rings. The van der Waals surface area contributed by atoms with E-state index in [1.165, 1.54) is 0 Å². The standard InChI is InChI=1S/C13H16ClN3O/c1-8-6-13(17(3)16-8)18-12-5-4-10(9(2)15)7-11(12)14/h4-7,9H,15H2,1-3H3. The van der Waals surface area contributed by atoms with Crippen LogP contribution in [-0.2, 0) is 7.05 Å². The van der Waals surface area contributed by atoms with E-state index in [0.29, 0.717) is 16.7 Å². The molecule has 5 heteroatoms. The molecular formula is C13H16ClN3O. The zero-order valence-corrected chi connectivity index (χ0v) is 11.4. The van der Waals surface area contributed by atoms with Crippen LogP contribution in [-0.4, -0.2) is 9.78 Å². The summed E-state index contributed by atoms with van der Waals surface area (Å²) in [5.74, 6) is 1.26. The molecule has 1 unspecified atom stereocenters. The minimum absolute atomic E-state index is 0.0458. The van der Waals surface area contributed by atoms with Crippen LogP contribution in [0.1, 0.15) is 24.2 Å². The lowest BCUT2D eigenvalue weighted by Gasteiger charge is -2.10. The van der Waals surface area contributed by atoms with E-state index in [-0.39, 0.29) is 6.04 Å². The molecule has 0 aliphatic rings. The van der Waals surface area contributed by atoms with Crippen LogP contribution in [0.4, 0.5) is 0 Å². The molecule has 0 saturated heterocycles. The van der Waals surface area contributed by atoms with Crippen molar-refractivity contribution in [2.24, 2.45) is 12.8 Å². The number of nitrogens with two attached hydrogens (primary N) is 1. The largest absolute Gasteiger partial charge is 0.438 e. The first kappa shape index (κ1) is 12.9. The summed E-state index contributed by atoms with van der Waals surface area (Å²) in [5.41, 5.74) is 7.68. The van der Waals surface area contributed by atoms with Gasteiger partial charge in [-0.25, -0.2) is 4.68 Å². The number of rotatable bonds is 3. The molecule has 0 aliphatic heterocycles. The van der Waals surface area contributed by atoms with Gasteiger partial charge in [0, 0.05) is 19.2 Å². The number of aryl methyl sites for hydroxylation is 2. The SMILES string of the molecule is Cc1cc(Oc2ccc(C(C)N)cc2Cl)n(C)n1. The molecule has 0 bridgehead atoms. The van der Waals surface area contributed by atoms with E-state index in [9.17, 15) is 0 Å². The highest BCUT2D eigenvalue weighted by atomic mass is 35.5. The molecule has 1 aromatic carbocycles. The number of nitrogens with zero attached hydrogens (tertiary/aromatic N) is 2. The van der Waals surface area contributed by atoms with Crippen LogP contribution in [0.5, 0.6) is 11.6 Å². The van der Waals surface area contributed by atoms with Gasteiger partial charge in [-0.05, 0) is 31.5 Å². The molecular weight excluding hydrogens is 250 g/mol. The maximum absolute atomic E-state index is 6.17. The van der Waals surface area contributed by atoms with Gasteiger partial charge in [0.15, 0.2) is 0 Å². The van der Waals surface area contributed by atoms with Gasteiger partial charge in [-0.2, -0.15) is 5.10 Å². The minimum Gasteiger partial charge on any atom is -0.438 e. The van der Waals surface area contributed by atoms with Crippen LogP contribution in [0.25, 0.3) is 0 Å². The van der Waals surface area contributed by atoms with Crippen molar-refractivity contribution in [3.8, 4) is 11.6 Å². The molecule has 0 saturated carbocycles. The number of benzene rings is 1. The topological polar surface area (TPSA) is 53.1 Å². The third-order valence-electron chi connectivity index (χ3n) is 2.66. The summed E-state index contributed by atoms with van der Waals surface area (Å²) in [6.07, 6.45) is 0. The maximum atomic E-state index is 6.17. The molecule has 18 heavy (non-hydrogen) atoms. The van der Waals surface area contributed by atoms with Crippen LogP contribution in [0, 0.1) is 6.92 Å². The van der Waals surface area contributed by atoms with Gasteiger partial charge in [0.25, 0.3) is 0 Å². The molecule has 0 fully saturated rings. The van der Waals surface area contributed by atoms with Crippen molar-refractivity contribution in [1.29, 1.82) is 0 Å². The van der Waals surface area contributed by atoms with Crippen LogP contribution >= 0.6 is 11.6 Å². The normalized spacial score (nSPS) is 12.5. The van der Waals surface area contributed by atoms with Crippen molar-refractivity contribution < 1.29 is 4.74 Å². The zero-order valence-electron chi connectivity index (χ0n) is 10.6. The van der Waals surface area contributed by atoms with Gasteiger partial charge in [-0.1, -0.05) is 17.7 Å². The van der Waals surface area contributed by atoms with E-state index in [0.717, 1.165) is 11.3 Å². The van der Waals surface area contributed by atoms with Gasteiger partial charge in [-0.15, -0.1) is 0 Å². The Morgan fingerprint density at radius 1 is 1.39 bits per heavy atom. The van der Waals surface area contributed by atoms with Gasteiger partial charge in [0.2, 0.25) is 5.88 Å². The fraction of sp³-hybridized carbons (Fsp3) is 0.308. The molecule has 0 aliphatic carbocycles. The Hall–Kier alpha value is -1.52. The zero-order chi connectivity index (χ0) is 13.3. The maximum Gasteiger partial charge on any atom is 0.217 e. The number of aromatic nitrogens is 2. The number of hydrogen-bond donors (Lipinski definition) is 1. The molecule has 4 nitrogen and oxygen atoms in total. The Kier molecular flexibility index (Phi) is 3.59. The highest BCUT2D eigenvalue weighted by Gasteiger charge is 2.09. The summed E-state index contributed by atoms with van der Waals surface area (Å²) in [5, 5.41) is 4.76. The predicted octanol–water partition coefficient (Wildman–Crippen LogP) is 3.19. The van der Waals surface area contributed by atoms with Gasteiger partial charge < -0.3 is 10.5 Å². The summed E-state index contributed by atoms with van der Waals surface area (Å²) in [6, 6.07) is 7.37. The third-order valence-corrected chi connectivity index (χ3v) is 2.95. The summed E-state index contributed by atoms with van der Waals surface area (Å²) in [7, 11) is 1.83. The van der Waals surface area contributed by atoms with Crippen LogP contribution < -0.4 is 10.5 Å². The number of hydrogen-bond acceptors (Lipinski definition) is 3. The van der Waals surface area contributed by atoms with Gasteiger partial charge in [-0.3, -0.25) is 0 Å². The Morgan fingerprint density at radius 3 is 2.61 bits per heavy atom. The van der Waals surface area contributed by atoms with E-state index in [1.54, 1.807) is 4.68 Å². The Morgan fingerprint density at radius 2 is 2.11 bits per heavy atom. The fourth-order valence-corrected chi connectivity index (χ4v) is 1.91. The quantitative estimate of drug-likeness (QED) is 0.927. The second-order valence-corrected chi connectivity index (χ2v) is 4.74. The number of ether oxygens (including phenoxy) is 1. The van der Waals surface area contributed by atoms with Crippen LogP contribution in [0.3, 0.4) is 0 Å². The summed E-state index contributed by atoms with van der Waals surface area (Å²) in [4.78, 5) is 0. The smallest absolute Gasteiger partial charge is 0.217 e. The predicted molar refractivity (Wildman–Crippen MR) is 72.1 cm³/mol. The highest BCUT2D eigenvalue weighted by Crippen LogP contribution is 2.31. The molecule has 0 amide bonds. The molecule has 1 heterocycles. The van der Waals surface area contributed by atoms with Crippen molar-refractivity contribution in [2.75, 3.05) is 0 Å². The molecule has 96 valence electrons. The van der Waals surface area contributed by atoms with Gasteiger partial charge in [0.1, 0.15) is 5.75 Å². The first-order valence-electron chi connectivity index (χ1n) is 5.71. The molecule has 2 rings (SSSR count). The second-order valence-electron chi connectivity index (χ2n) is 4.33. The minimum atomic E-state index is -0.0458. The Balaban J connectivity index is 2.27. The molecule has 1 atom stereocenters. The lowest BCUT2D eigenvalue weighted by Crippen LogP contribution is -2.04. The first-order valence-corrected chi connectivity index (χ1v) is 6.08. The third kappa shape index (κ3) is 2.66. The molecule has 2 N–H and O–H groups in total. The second kappa shape index (κ2) is 5.00. The summed E-state index contributed by atoms with van der Waals surface area (Å²) >= 11 is 6.17. The molecule has 0 spiro atoms. The summed E-state index contributed by atoms with van der Waals surface area (Å²) < 4.78 is 7.39. The van der Waals surface area contributed by atoms with Crippen molar-refractivity contribution in [3.05, 3.63) is 40.5 Å². The van der Waals surface area contributed by atoms with Crippen LogP contribution in [0.2, 0.25) is 5.02 Å². The average molecular weight is 266 g/mol.